The number of nitrogens with one attached hydrogen (secondary N) is 2. The summed E-state index contributed by atoms with van der Waals surface area (Å²) >= 11 is 7.47. The van der Waals surface area contributed by atoms with E-state index in [1.165, 1.54) is 11.8 Å². The van der Waals surface area contributed by atoms with E-state index in [0.29, 0.717) is 16.0 Å². The molecule has 7 nitrogen and oxygen atoms in total. The number of nitrogens with zero attached hydrogens (tertiary/aromatic N) is 3. The first kappa shape index (κ1) is 19.7. The zero-order valence-corrected chi connectivity index (χ0v) is 16.8. The molecule has 1 aromatic heterocycles. The van der Waals surface area contributed by atoms with E-state index in [2.05, 4.69) is 20.8 Å². The van der Waals surface area contributed by atoms with Crippen LogP contribution in [-0.4, -0.2) is 38.0 Å². The molecule has 1 saturated carbocycles. The van der Waals surface area contributed by atoms with Crippen molar-refractivity contribution in [1.29, 1.82) is 0 Å². The molecule has 1 heterocycles. The van der Waals surface area contributed by atoms with Crippen LogP contribution in [0.25, 0.3) is 11.4 Å². The Bertz CT molecular complexity index is 835. The van der Waals surface area contributed by atoms with Gasteiger partial charge in [-0.1, -0.05) is 48.3 Å². The third-order valence-corrected chi connectivity index (χ3v) is 5.99. The molecule has 2 N–H and O–H groups in total. The molecule has 0 bridgehead atoms. The molecule has 27 heavy (non-hydrogen) atoms. The van der Waals surface area contributed by atoms with Gasteiger partial charge in [-0.25, -0.2) is 4.79 Å². The number of carbonyl (C=O) groups excluding carboxylic acids is 2. The fourth-order valence-corrected chi connectivity index (χ4v) is 4.05. The molecule has 2 aromatic rings. The summed E-state index contributed by atoms with van der Waals surface area (Å²) in [6.45, 7) is 1.73. The zero-order valence-electron chi connectivity index (χ0n) is 15.2. The van der Waals surface area contributed by atoms with Crippen LogP contribution < -0.4 is 10.6 Å². The van der Waals surface area contributed by atoms with Gasteiger partial charge in [0, 0.05) is 18.7 Å². The average Bonchev–Trinajstić information content (AvgIpc) is 3.26. The molecule has 1 aliphatic carbocycles. The Kier molecular flexibility index (Phi) is 6.38. The number of hydrogen-bond acceptors (Lipinski definition) is 5. The van der Waals surface area contributed by atoms with Gasteiger partial charge in [0.2, 0.25) is 5.91 Å². The van der Waals surface area contributed by atoms with Crippen molar-refractivity contribution in [2.45, 2.75) is 49.1 Å². The maximum Gasteiger partial charge on any atom is 0.321 e. The van der Waals surface area contributed by atoms with Crippen LogP contribution in [0.4, 0.5) is 4.79 Å². The summed E-state index contributed by atoms with van der Waals surface area (Å²) in [7, 11) is 1.82. The lowest BCUT2D eigenvalue weighted by molar-refractivity contribution is -0.119. The summed E-state index contributed by atoms with van der Waals surface area (Å²) in [5.41, 5.74) is 0.772. The SMILES string of the molecule is C[C@@H](Sc1nnc(-c2ccccc2Cl)n1C)C(=O)NC(=O)NC1CCCC1. The molecule has 0 radical (unpaired) electrons. The second kappa shape index (κ2) is 8.75. The smallest absolute Gasteiger partial charge is 0.321 e. The minimum atomic E-state index is -0.499. The maximum absolute atomic E-state index is 12.3. The Morgan fingerprint density at radius 1 is 1.26 bits per heavy atom. The van der Waals surface area contributed by atoms with Crippen LogP contribution in [0.1, 0.15) is 32.6 Å². The minimum absolute atomic E-state index is 0.165. The highest BCUT2D eigenvalue weighted by molar-refractivity contribution is 8.00. The van der Waals surface area contributed by atoms with Crippen LogP contribution in [0, 0.1) is 0 Å². The molecule has 0 spiro atoms. The van der Waals surface area contributed by atoms with Crippen molar-refractivity contribution in [2.75, 3.05) is 0 Å². The zero-order chi connectivity index (χ0) is 19.4. The van der Waals surface area contributed by atoms with E-state index in [9.17, 15) is 9.59 Å². The second-order valence-electron chi connectivity index (χ2n) is 6.55. The standard InChI is InChI=1S/C18H22ClN5O2S/c1-11(16(25)21-17(26)20-12-7-3-4-8-12)27-18-23-22-15(24(18)2)13-9-5-6-10-14(13)19/h5-6,9-12H,3-4,7-8H2,1-2H3,(H2,20,21,25,26)/t11-/m1/s1. The third kappa shape index (κ3) is 4.81. The number of halogens is 1. The second-order valence-corrected chi connectivity index (χ2v) is 8.26. The maximum atomic E-state index is 12.3. The summed E-state index contributed by atoms with van der Waals surface area (Å²) in [6.07, 6.45) is 4.17. The van der Waals surface area contributed by atoms with Crippen molar-refractivity contribution in [3.8, 4) is 11.4 Å². The number of rotatable bonds is 5. The van der Waals surface area contributed by atoms with Crippen molar-refractivity contribution in [3.63, 3.8) is 0 Å². The number of amides is 3. The molecule has 0 saturated heterocycles. The average molecular weight is 408 g/mol. The van der Waals surface area contributed by atoms with Crippen molar-refractivity contribution >= 4 is 35.3 Å². The predicted octanol–water partition coefficient (Wildman–Crippen LogP) is 3.38. The lowest BCUT2D eigenvalue weighted by Gasteiger charge is -2.14. The van der Waals surface area contributed by atoms with E-state index in [1.54, 1.807) is 17.6 Å². The topological polar surface area (TPSA) is 88.9 Å². The summed E-state index contributed by atoms with van der Waals surface area (Å²) < 4.78 is 1.79. The number of thioether (sulfide) groups is 1. The minimum Gasteiger partial charge on any atom is -0.335 e. The van der Waals surface area contributed by atoms with Crippen LogP contribution in [0.15, 0.2) is 29.4 Å². The van der Waals surface area contributed by atoms with Gasteiger partial charge >= 0.3 is 6.03 Å². The first-order chi connectivity index (χ1) is 13.0. The summed E-state index contributed by atoms with van der Waals surface area (Å²) in [6, 6.07) is 7.11. The van der Waals surface area contributed by atoms with E-state index in [1.807, 2.05) is 25.2 Å². The molecular formula is C18H22ClN5O2S. The lowest BCUT2D eigenvalue weighted by Crippen LogP contribution is -2.45. The van der Waals surface area contributed by atoms with Gasteiger partial charge in [0.25, 0.3) is 0 Å². The monoisotopic (exact) mass is 407 g/mol. The normalized spacial score (nSPS) is 15.5. The molecule has 0 unspecified atom stereocenters. The Balaban J connectivity index is 1.60. The van der Waals surface area contributed by atoms with E-state index in [-0.39, 0.29) is 11.9 Å². The molecule has 1 aliphatic rings. The number of hydrogen-bond donors (Lipinski definition) is 2. The fourth-order valence-electron chi connectivity index (χ4n) is 3.01. The van der Waals surface area contributed by atoms with E-state index >= 15 is 0 Å². The quantitative estimate of drug-likeness (QED) is 0.741. The first-order valence-electron chi connectivity index (χ1n) is 8.88. The van der Waals surface area contributed by atoms with Gasteiger partial charge in [0.1, 0.15) is 0 Å². The predicted molar refractivity (Wildman–Crippen MR) is 106 cm³/mol. The van der Waals surface area contributed by atoms with Crippen LogP contribution >= 0.6 is 23.4 Å². The number of carbonyl (C=O) groups is 2. The Hall–Kier alpha value is -2.06. The molecule has 1 atom stereocenters. The highest BCUT2D eigenvalue weighted by atomic mass is 35.5. The van der Waals surface area contributed by atoms with Crippen molar-refractivity contribution in [3.05, 3.63) is 29.3 Å². The summed E-state index contributed by atoms with van der Waals surface area (Å²) in [4.78, 5) is 24.3. The third-order valence-electron chi connectivity index (χ3n) is 4.53. The lowest BCUT2D eigenvalue weighted by atomic mass is 10.2. The van der Waals surface area contributed by atoms with Crippen molar-refractivity contribution in [2.24, 2.45) is 7.05 Å². The highest BCUT2D eigenvalue weighted by Crippen LogP contribution is 2.29. The first-order valence-corrected chi connectivity index (χ1v) is 10.1. The van der Waals surface area contributed by atoms with Gasteiger partial charge < -0.3 is 9.88 Å². The summed E-state index contributed by atoms with van der Waals surface area (Å²) in [5, 5.41) is 14.2. The number of imide groups is 1. The number of aromatic nitrogens is 3. The number of benzene rings is 1. The Morgan fingerprint density at radius 2 is 1.96 bits per heavy atom. The van der Waals surface area contributed by atoms with Crippen molar-refractivity contribution < 1.29 is 9.59 Å². The van der Waals surface area contributed by atoms with Crippen molar-refractivity contribution in [1.82, 2.24) is 25.4 Å². The molecular weight excluding hydrogens is 386 g/mol. The van der Waals surface area contributed by atoms with Gasteiger partial charge in [-0.05, 0) is 31.9 Å². The Labute approximate surface area is 167 Å². The molecule has 9 heteroatoms. The van der Waals surface area contributed by atoms with Crippen LogP contribution in [0.5, 0.6) is 0 Å². The molecule has 3 amide bonds. The number of urea groups is 1. The Morgan fingerprint density at radius 3 is 2.67 bits per heavy atom. The van der Waals surface area contributed by atoms with Crippen LogP contribution in [0.2, 0.25) is 5.02 Å². The molecule has 1 aromatic carbocycles. The molecule has 0 aliphatic heterocycles. The largest absolute Gasteiger partial charge is 0.335 e. The van der Waals surface area contributed by atoms with Crippen LogP contribution in [-0.2, 0) is 11.8 Å². The van der Waals surface area contributed by atoms with Gasteiger partial charge in [0.15, 0.2) is 11.0 Å². The van der Waals surface area contributed by atoms with E-state index < -0.39 is 11.3 Å². The fraction of sp³-hybridized carbons (Fsp3) is 0.444. The van der Waals surface area contributed by atoms with Gasteiger partial charge in [0.05, 0.1) is 10.3 Å². The molecule has 144 valence electrons. The van der Waals surface area contributed by atoms with E-state index in [4.69, 9.17) is 11.6 Å². The van der Waals surface area contributed by atoms with E-state index in [0.717, 1.165) is 31.2 Å². The molecule has 3 rings (SSSR count). The van der Waals surface area contributed by atoms with Gasteiger partial charge in [-0.15, -0.1) is 10.2 Å². The molecule has 1 fully saturated rings. The van der Waals surface area contributed by atoms with Crippen LogP contribution in [0.3, 0.4) is 0 Å². The van der Waals surface area contributed by atoms with Gasteiger partial charge in [-0.3, -0.25) is 10.1 Å². The summed E-state index contributed by atoms with van der Waals surface area (Å²) in [5.74, 6) is 0.257. The van der Waals surface area contributed by atoms with Gasteiger partial charge in [-0.2, -0.15) is 0 Å². The highest BCUT2D eigenvalue weighted by Gasteiger charge is 2.23.